The minimum Gasteiger partial charge on any atom is -0.315 e. The molecule has 1 rings (SSSR count). The Morgan fingerprint density at radius 3 is 2.53 bits per heavy atom. The Morgan fingerprint density at radius 2 is 2.07 bits per heavy atom. The maximum absolute atomic E-state index is 3.50. The number of rotatable bonds is 6. The van der Waals surface area contributed by atoms with Crippen molar-refractivity contribution in [1.29, 1.82) is 0 Å². The highest BCUT2D eigenvalue weighted by Gasteiger charge is 2.28. The molecule has 0 amide bonds. The van der Waals surface area contributed by atoms with Crippen LogP contribution in [0, 0.1) is 11.8 Å². The van der Waals surface area contributed by atoms with Gasteiger partial charge in [-0.2, -0.15) is 0 Å². The van der Waals surface area contributed by atoms with Crippen molar-refractivity contribution in [1.82, 2.24) is 10.2 Å². The summed E-state index contributed by atoms with van der Waals surface area (Å²) < 4.78 is 0. The summed E-state index contributed by atoms with van der Waals surface area (Å²) >= 11 is 0. The fourth-order valence-corrected chi connectivity index (χ4v) is 2.58. The van der Waals surface area contributed by atoms with Gasteiger partial charge in [-0.15, -0.1) is 0 Å². The van der Waals surface area contributed by atoms with Crippen molar-refractivity contribution in [3.8, 4) is 0 Å². The zero-order chi connectivity index (χ0) is 11.3. The SMILES string of the molecule is CCNCC(C(C)C)N1CCC(CC)C1. The average Bonchev–Trinajstić information content (AvgIpc) is 2.66. The summed E-state index contributed by atoms with van der Waals surface area (Å²) in [6.07, 6.45) is 2.76. The topological polar surface area (TPSA) is 15.3 Å². The van der Waals surface area contributed by atoms with Gasteiger partial charge in [0.15, 0.2) is 0 Å². The highest BCUT2D eigenvalue weighted by Crippen LogP contribution is 2.23. The third-order valence-electron chi connectivity index (χ3n) is 3.74. The predicted octanol–water partition coefficient (Wildman–Crippen LogP) is 2.35. The van der Waals surface area contributed by atoms with E-state index in [0.717, 1.165) is 31.0 Å². The van der Waals surface area contributed by atoms with E-state index >= 15 is 0 Å². The molecular formula is C13H28N2. The summed E-state index contributed by atoms with van der Waals surface area (Å²) in [6.45, 7) is 14.1. The van der Waals surface area contributed by atoms with Gasteiger partial charge in [-0.05, 0) is 31.3 Å². The molecule has 1 saturated heterocycles. The van der Waals surface area contributed by atoms with Crippen LogP contribution in [-0.4, -0.2) is 37.1 Å². The molecule has 2 nitrogen and oxygen atoms in total. The molecular weight excluding hydrogens is 184 g/mol. The third-order valence-corrected chi connectivity index (χ3v) is 3.74. The molecule has 1 fully saturated rings. The average molecular weight is 212 g/mol. The van der Waals surface area contributed by atoms with E-state index in [0.29, 0.717) is 0 Å². The standard InChI is InChI=1S/C13H28N2/c1-5-12-7-8-15(10-12)13(11(3)4)9-14-6-2/h11-14H,5-10H2,1-4H3. The predicted molar refractivity (Wildman–Crippen MR) is 67.1 cm³/mol. The van der Waals surface area contributed by atoms with E-state index in [1.165, 1.54) is 25.9 Å². The molecule has 1 heterocycles. The van der Waals surface area contributed by atoms with E-state index in [1.54, 1.807) is 0 Å². The third kappa shape index (κ3) is 3.76. The smallest absolute Gasteiger partial charge is 0.0243 e. The first-order chi connectivity index (χ1) is 7.19. The van der Waals surface area contributed by atoms with E-state index in [4.69, 9.17) is 0 Å². The van der Waals surface area contributed by atoms with Gasteiger partial charge in [0, 0.05) is 19.1 Å². The van der Waals surface area contributed by atoms with Gasteiger partial charge in [0.1, 0.15) is 0 Å². The van der Waals surface area contributed by atoms with Gasteiger partial charge in [-0.25, -0.2) is 0 Å². The maximum Gasteiger partial charge on any atom is 0.0243 e. The first-order valence-electron chi connectivity index (χ1n) is 6.63. The van der Waals surface area contributed by atoms with Gasteiger partial charge in [-0.3, -0.25) is 4.90 Å². The molecule has 0 aromatic carbocycles. The first-order valence-corrected chi connectivity index (χ1v) is 6.63. The van der Waals surface area contributed by atoms with Crippen LogP contribution in [0.5, 0.6) is 0 Å². The van der Waals surface area contributed by atoms with Crippen LogP contribution in [0.15, 0.2) is 0 Å². The summed E-state index contributed by atoms with van der Waals surface area (Å²) in [4.78, 5) is 2.70. The number of likely N-dealkylation sites (tertiary alicyclic amines) is 1. The van der Waals surface area contributed by atoms with E-state index in [2.05, 4.69) is 37.9 Å². The van der Waals surface area contributed by atoms with Crippen molar-refractivity contribution >= 4 is 0 Å². The molecule has 2 unspecified atom stereocenters. The van der Waals surface area contributed by atoms with Crippen LogP contribution in [0.4, 0.5) is 0 Å². The molecule has 15 heavy (non-hydrogen) atoms. The second-order valence-electron chi connectivity index (χ2n) is 5.18. The lowest BCUT2D eigenvalue weighted by molar-refractivity contribution is 0.180. The minimum absolute atomic E-state index is 0.737. The Balaban J connectivity index is 2.42. The second kappa shape index (κ2) is 6.49. The van der Waals surface area contributed by atoms with Crippen LogP contribution in [0.2, 0.25) is 0 Å². The molecule has 2 heteroatoms. The van der Waals surface area contributed by atoms with Crippen LogP contribution in [0.1, 0.15) is 40.5 Å². The van der Waals surface area contributed by atoms with E-state index in [1.807, 2.05) is 0 Å². The number of nitrogens with one attached hydrogen (secondary N) is 1. The lowest BCUT2D eigenvalue weighted by atomic mass is 10.0. The summed E-state index contributed by atoms with van der Waals surface area (Å²) in [5.74, 6) is 1.72. The molecule has 0 aromatic heterocycles. The van der Waals surface area contributed by atoms with Gasteiger partial charge < -0.3 is 5.32 Å². The van der Waals surface area contributed by atoms with Crippen molar-refractivity contribution in [3.63, 3.8) is 0 Å². The molecule has 1 N–H and O–H groups in total. The van der Waals surface area contributed by atoms with E-state index in [-0.39, 0.29) is 0 Å². The van der Waals surface area contributed by atoms with Gasteiger partial charge >= 0.3 is 0 Å². The van der Waals surface area contributed by atoms with Crippen LogP contribution < -0.4 is 5.32 Å². The second-order valence-corrected chi connectivity index (χ2v) is 5.18. The number of likely N-dealkylation sites (N-methyl/N-ethyl adjacent to an activating group) is 1. The molecule has 0 aliphatic carbocycles. The molecule has 2 atom stereocenters. The van der Waals surface area contributed by atoms with Crippen molar-refractivity contribution in [2.75, 3.05) is 26.2 Å². The summed E-state index contributed by atoms with van der Waals surface area (Å²) in [7, 11) is 0. The van der Waals surface area contributed by atoms with Crippen LogP contribution >= 0.6 is 0 Å². The fraction of sp³-hybridized carbons (Fsp3) is 1.00. The zero-order valence-electron chi connectivity index (χ0n) is 10.9. The summed E-state index contributed by atoms with van der Waals surface area (Å²) in [5.41, 5.74) is 0. The molecule has 0 spiro atoms. The normalized spacial score (nSPS) is 25.0. The van der Waals surface area contributed by atoms with Crippen molar-refractivity contribution in [2.24, 2.45) is 11.8 Å². The van der Waals surface area contributed by atoms with Gasteiger partial charge in [-0.1, -0.05) is 34.1 Å². The molecule has 0 saturated carbocycles. The number of hydrogen-bond donors (Lipinski definition) is 1. The monoisotopic (exact) mass is 212 g/mol. The lowest BCUT2D eigenvalue weighted by Crippen LogP contribution is -2.44. The molecule has 0 bridgehead atoms. The summed E-state index contributed by atoms with van der Waals surface area (Å²) in [6, 6.07) is 0.737. The molecule has 0 aromatic rings. The highest BCUT2D eigenvalue weighted by atomic mass is 15.2. The maximum atomic E-state index is 3.50. The van der Waals surface area contributed by atoms with Crippen LogP contribution in [-0.2, 0) is 0 Å². The van der Waals surface area contributed by atoms with Gasteiger partial charge in [0.25, 0.3) is 0 Å². The van der Waals surface area contributed by atoms with Crippen molar-refractivity contribution in [3.05, 3.63) is 0 Å². The quantitative estimate of drug-likeness (QED) is 0.727. The van der Waals surface area contributed by atoms with E-state index < -0.39 is 0 Å². The zero-order valence-corrected chi connectivity index (χ0v) is 10.9. The fourth-order valence-electron chi connectivity index (χ4n) is 2.58. The molecule has 1 aliphatic heterocycles. The van der Waals surface area contributed by atoms with Crippen molar-refractivity contribution in [2.45, 2.75) is 46.6 Å². The first kappa shape index (κ1) is 13.0. The largest absolute Gasteiger partial charge is 0.315 e. The molecule has 0 radical (unpaired) electrons. The highest BCUT2D eigenvalue weighted by molar-refractivity contribution is 4.83. The van der Waals surface area contributed by atoms with Crippen molar-refractivity contribution < 1.29 is 0 Å². The van der Waals surface area contributed by atoms with Gasteiger partial charge in [0.2, 0.25) is 0 Å². The Hall–Kier alpha value is -0.0800. The lowest BCUT2D eigenvalue weighted by Gasteiger charge is -2.31. The Kier molecular flexibility index (Phi) is 5.62. The Morgan fingerprint density at radius 1 is 1.33 bits per heavy atom. The number of nitrogens with zero attached hydrogens (tertiary/aromatic N) is 1. The van der Waals surface area contributed by atoms with E-state index in [9.17, 15) is 0 Å². The minimum atomic E-state index is 0.737. The van der Waals surface area contributed by atoms with Crippen LogP contribution in [0.25, 0.3) is 0 Å². The van der Waals surface area contributed by atoms with Gasteiger partial charge in [0.05, 0.1) is 0 Å². The number of hydrogen-bond acceptors (Lipinski definition) is 2. The van der Waals surface area contributed by atoms with Crippen LogP contribution in [0.3, 0.4) is 0 Å². The molecule has 90 valence electrons. The molecule has 1 aliphatic rings. The Labute approximate surface area is 95.4 Å². The summed E-state index contributed by atoms with van der Waals surface area (Å²) in [5, 5.41) is 3.50. The Bertz CT molecular complexity index is 168.